The van der Waals surface area contributed by atoms with E-state index < -0.39 is 0 Å². The summed E-state index contributed by atoms with van der Waals surface area (Å²) in [6, 6.07) is 1.08. The molecule has 1 fully saturated rings. The highest BCUT2D eigenvalue weighted by atomic mass is 15.3. The average molecular weight is 235 g/mol. The van der Waals surface area contributed by atoms with E-state index >= 15 is 0 Å². The Hall–Kier alpha value is -0.990. The molecule has 1 aromatic heterocycles. The molecule has 1 aliphatic carbocycles. The quantitative estimate of drug-likeness (QED) is 0.866. The van der Waals surface area contributed by atoms with Crippen LogP contribution in [-0.4, -0.2) is 15.8 Å². The van der Waals surface area contributed by atoms with Gasteiger partial charge in [-0.1, -0.05) is 6.92 Å². The first-order valence-corrected chi connectivity index (χ1v) is 6.81. The van der Waals surface area contributed by atoms with Crippen LogP contribution in [0.2, 0.25) is 0 Å². The lowest BCUT2D eigenvalue weighted by Gasteiger charge is -2.15. The smallest absolute Gasteiger partial charge is 0.0828 e. The van der Waals surface area contributed by atoms with Gasteiger partial charge in [0, 0.05) is 12.1 Å². The number of aryl methyl sites for hydroxylation is 1. The molecule has 2 atom stereocenters. The molecule has 0 amide bonds. The van der Waals surface area contributed by atoms with E-state index in [1.165, 1.54) is 30.6 Å². The van der Waals surface area contributed by atoms with Crippen molar-refractivity contribution in [1.29, 1.82) is 0 Å². The van der Waals surface area contributed by atoms with Crippen LogP contribution in [0.3, 0.4) is 0 Å². The van der Waals surface area contributed by atoms with Crippen LogP contribution in [0.15, 0.2) is 0 Å². The highest BCUT2D eigenvalue weighted by molar-refractivity contribution is 5.53. The number of nitrogens with one attached hydrogen (secondary N) is 1. The SMILES string of the molecule is Cc1nn(C(C)C)c(C)c1NC1CCC(C)C1. The van der Waals surface area contributed by atoms with Crippen molar-refractivity contribution in [2.75, 3.05) is 5.32 Å². The molecule has 0 aromatic carbocycles. The zero-order valence-electron chi connectivity index (χ0n) is 11.7. The van der Waals surface area contributed by atoms with Gasteiger partial charge < -0.3 is 5.32 Å². The van der Waals surface area contributed by atoms with Gasteiger partial charge in [0.1, 0.15) is 0 Å². The van der Waals surface area contributed by atoms with Gasteiger partial charge >= 0.3 is 0 Å². The minimum Gasteiger partial charge on any atom is -0.379 e. The molecule has 17 heavy (non-hydrogen) atoms. The van der Waals surface area contributed by atoms with Crippen LogP contribution in [0.5, 0.6) is 0 Å². The van der Waals surface area contributed by atoms with Crippen molar-refractivity contribution in [3.63, 3.8) is 0 Å². The Kier molecular flexibility index (Phi) is 3.45. The molecular formula is C14H25N3. The molecule has 2 unspecified atom stereocenters. The van der Waals surface area contributed by atoms with Crippen LogP contribution in [-0.2, 0) is 0 Å². The number of aromatic nitrogens is 2. The summed E-state index contributed by atoms with van der Waals surface area (Å²) in [5.41, 5.74) is 3.67. The summed E-state index contributed by atoms with van der Waals surface area (Å²) in [5.74, 6) is 0.869. The molecule has 2 rings (SSSR count). The van der Waals surface area contributed by atoms with Crippen molar-refractivity contribution in [3.8, 4) is 0 Å². The number of hydrogen-bond donors (Lipinski definition) is 1. The van der Waals surface area contributed by atoms with Crippen LogP contribution in [0.4, 0.5) is 5.69 Å². The Morgan fingerprint density at radius 3 is 2.47 bits per heavy atom. The average Bonchev–Trinajstić information content (AvgIpc) is 2.77. The van der Waals surface area contributed by atoms with Gasteiger partial charge in [-0.25, -0.2) is 0 Å². The third-order valence-corrected chi connectivity index (χ3v) is 3.86. The second-order valence-electron chi connectivity index (χ2n) is 5.84. The Bertz CT molecular complexity index is 392. The van der Waals surface area contributed by atoms with E-state index in [9.17, 15) is 0 Å². The van der Waals surface area contributed by atoms with E-state index in [0.29, 0.717) is 12.1 Å². The molecule has 1 aliphatic rings. The van der Waals surface area contributed by atoms with E-state index in [1.807, 2.05) is 0 Å². The fraction of sp³-hybridized carbons (Fsp3) is 0.786. The standard InChI is InChI=1S/C14H25N3/c1-9(2)17-12(5)14(11(4)16-17)15-13-7-6-10(3)8-13/h9-10,13,15H,6-8H2,1-5H3. The number of hydrogen-bond acceptors (Lipinski definition) is 2. The van der Waals surface area contributed by atoms with Crippen molar-refractivity contribution >= 4 is 5.69 Å². The first-order chi connectivity index (χ1) is 7.99. The maximum atomic E-state index is 4.62. The highest BCUT2D eigenvalue weighted by Crippen LogP contribution is 2.30. The van der Waals surface area contributed by atoms with Crippen LogP contribution in [0.1, 0.15) is 57.5 Å². The van der Waals surface area contributed by atoms with E-state index in [2.05, 4.69) is 49.7 Å². The van der Waals surface area contributed by atoms with Gasteiger partial charge in [0.05, 0.1) is 17.1 Å². The van der Waals surface area contributed by atoms with Gasteiger partial charge in [-0.05, 0) is 52.9 Å². The van der Waals surface area contributed by atoms with E-state index in [4.69, 9.17) is 0 Å². The number of anilines is 1. The molecule has 3 heteroatoms. The fourth-order valence-electron chi connectivity index (χ4n) is 2.92. The van der Waals surface area contributed by atoms with Crippen LogP contribution in [0, 0.1) is 19.8 Å². The highest BCUT2D eigenvalue weighted by Gasteiger charge is 2.23. The fourth-order valence-corrected chi connectivity index (χ4v) is 2.92. The predicted molar refractivity (Wildman–Crippen MR) is 72.5 cm³/mol. The zero-order chi connectivity index (χ0) is 12.6. The second-order valence-corrected chi connectivity index (χ2v) is 5.84. The van der Waals surface area contributed by atoms with Gasteiger partial charge in [-0.15, -0.1) is 0 Å². The van der Waals surface area contributed by atoms with Crippen molar-refractivity contribution in [3.05, 3.63) is 11.4 Å². The Labute approximate surface area is 105 Å². The number of rotatable bonds is 3. The topological polar surface area (TPSA) is 29.9 Å². The molecule has 0 bridgehead atoms. The zero-order valence-corrected chi connectivity index (χ0v) is 11.7. The first kappa shape index (κ1) is 12.5. The predicted octanol–water partition coefficient (Wildman–Crippen LogP) is 3.68. The number of nitrogens with zero attached hydrogens (tertiary/aromatic N) is 2. The summed E-state index contributed by atoms with van der Waals surface area (Å²) in [6.45, 7) is 11.0. The molecule has 0 radical (unpaired) electrons. The molecule has 3 nitrogen and oxygen atoms in total. The van der Waals surface area contributed by atoms with Crippen molar-refractivity contribution in [2.24, 2.45) is 5.92 Å². The van der Waals surface area contributed by atoms with Gasteiger partial charge in [-0.3, -0.25) is 4.68 Å². The second kappa shape index (κ2) is 4.71. The molecule has 1 heterocycles. The van der Waals surface area contributed by atoms with Gasteiger partial charge in [-0.2, -0.15) is 5.10 Å². The lowest BCUT2D eigenvalue weighted by atomic mass is 10.1. The lowest BCUT2D eigenvalue weighted by molar-refractivity contribution is 0.516. The minimum absolute atomic E-state index is 0.437. The van der Waals surface area contributed by atoms with Gasteiger partial charge in [0.2, 0.25) is 0 Å². The molecule has 1 N–H and O–H groups in total. The van der Waals surface area contributed by atoms with Crippen molar-refractivity contribution < 1.29 is 0 Å². The van der Waals surface area contributed by atoms with E-state index in [-0.39, 0.29) is 0 Å². The van der Waals surface area contributed by atoms with E-state index in [1.54, 1.807) is 0 Å². The molecule has 0 aliphatic heterocycles. The summed E-state index contributed by atoms with van der Waals surface area (Å²) in [4.78, 5) is 0. The third-order valence-electron chi connectivity index (χ3n) is 3.86. The lowest BCUT2D eigenvalue weighted by Crippen LogP contribution is -2.16. The summed E-state index contributed by atoms with van der Waals surface area (Å²) in [7, 11) is 0. The molecule has 0 spiro atoms. The summed E-state index contributed by atoms with van der Waals surface area (Å²) in [6.07, 6.45) is 3.95. The van der Waals surface area contributed by atoms with Crippen molar-refractivity contribution in [2.45, 2.75) is 66.0 Å². The first-order valence-electron chi connectivity index (χ1n) is 6.81. The maximum absolute atomic E-state index is 4.62. The monoisotopic (exact) mass is 235 g/mol. The van der Waals surface area contributed by atoms with Gasteiger partial charge in [0.25, 0.3) is 0 Å². The summed E-state index contributed by atoms with van der Waals surface area (Å²) in [5, 5.41) is 8.32. The van der Waals surface area contributed by atoms with E-state index in [0.717, 1.165) is 11.6 Å². The molecular weight excluding hydrogens is 210 g/mol. The Morgan fingerprint density at radius 1 is 1.29 bits per heavy atom. The largest absolute Gasteiger partial charge is 0.379 e. The minimum atomic E-state index is 0.437. The molecule has 0 saturated heterocycles. The molecule has 96 valence electrons. The molecule has 1 saturated carbocycles. The third kappa shape index (κ3) is 2.48. The Morgan fingerprint density at radius 2 is 2.00 bits per heavy atom. The van der Waals surface area contributed by atoms with Crippen LogP contribution >= 0.6 is 0 Å². The Balaban J connectivity index is 2.15. The van der Waals surface area contributed by atoms with Crippen LogP contribution in [0.25, 0.3) is 0 Å². The van der Waals surface area contributed by atoms with Gasteiger partial charge in [0.15, 0.2) is 0 Å². The molecule has 1 aromatic rings. The van der Waals surface area contributed by atoms with Crippen molar-refractivity contribution in [1.82, 2.24) is 9.78 Å². The normalized spacial score (nSPS) is 24.6. The maximum Gasteiger partial charge on any atom is 0.0828 e. The van der Waals surface area contributed by atoms with Crippen LogP contribution < -0.4 is 5.32 Å². The summed E-state index contributed by atoms with van der Waals surface area (Å²) >= 11 is 0. The summed E-state index contributed by atoms with van der Waals surface area (Å²) < 4.78 is 2.12.